The van der Waals surface area contributed by atoms with E-state index >= 15 is 0 Å². The van der Waals surface area contributed by atoms with E-state index in [1.165, 1.54) is 0 Å². The van der Waals surface area contributed by atoms with Crippen LogP contribution in [0.15, 0.2) is 28.8 Å². The van der Waals surface area contributed by atoms with Crippen LogP contribution in [0, 0.1) is 6.92 Å². The number of benzene rings is 1. The highest BCUT2D eigenvalue weighted by molar-refractivity contribution is 5.93. The average molecular weight is 286 g/mol. The third-order valence-corrected chi connectivity index (χ3v) is 3.07. The molecule has 0 aliphatic carbocycles. The molecule has 2 aromatic heterocycles. The van der Waals surface area contributed by atoms with E-state index in [2.05, 4.69) is 15.5 Å². The average Bonchev–Trinajstić information content (AvgIpc) is 3.09. The number of rotatable bonds is 4. The topological polar surface area (TPSA) is 83.0 Å². The van der Waals surface area contributed by atoms with Gasteiger partial charge in [-0.05, 0) is 32.0 Å². The molecule has 0 N–H and O–H groups in total. The summed E-state index contributed by atoms with van der Waals surface area (Å²) in [4.78, 5) is 12.0. The maximum absolute atomic E-state index is 12.0. The maximum Gasteiger partial charge on any atom is 0.338 e. The molecule has 0 atom stereocenters. The van der Waals surface area contributed by atoms with Crippen LogP contribution in [0.5, 0.6) is 0 Å². The van der Waals surface area contributed by atoms with Crippen LogP contribution in [0.25, 0.3) is 11.0 Å². The van der Waals surface area contributed by atoms with Crippen LogP contribution in [0.3, 0.4) is 0 Å². The van der Waals surface area contributed by atoms with Crippen molar-refractivity contribution in [1.82, 2.24) is 20.2 Å². The molecule has 108 valence electrons. The Hall–Kier alpha value is -2.70. The zero-order valence-electron chi connectivity index (χ0n) is 11.7. The molecule has 2 heterocycles. The van der Waals surface area contributed by atoms with Gasteiger partial charge >= 0.3 is 5.97 Å². The summed E-state index contributed by atoms with van der Waals surface area (Å²) in [7, 11) is 0. The molecule has 0 saturated heterocycles. The predicted octanol–water partition coefficient (Wildman–Crippen LogP) is 2.10. The van der Waals surface area contributed by atoms with E-state index in [0.717, 1.165) is 17.8 Å². The molecule has 0 fully saturated rings. The Labute approximate surface area is 120 Å². The van der Waals surface area contributed by atoms with Crippen molar-refractivity contribution in [2.24, 2.45) is 0 Å². The third kappa shape index (κ3) is 2.62. The van der Waals surface area contributed by atoms with E-state index in [9.17, 15) is 4.79 Å². The smallest absolute Gasteiger partial charge is 0.338 e. The van der Waals surface area contributed by atoms with Gasteiger partial charge in [-0.3, -0.25) is 0 Å². The standard InChI is InChI=1S/C14H14N4O3/c1-3-18-13-5-4-10(7-12(13)15-17-18)14(19)20-8-11-6-9(2)16-21-11/h4-7H,3,8H2,1-2H3. The fourth-order valence-electron chi connectivity index (χ4n) is 2.04. The van der Waals surface area contributed by atoms with Gasteiger partial charge in [0.2, 0.25) is 0 Å². The molecule has 1 aromatic carbocycles. The molecule has 0 aliphatic heterocycles. The summed E-state index contributed by atoms with van der Waals surface area (Å²) in [6.07, 6.45) is 0. The molecule has 7 nitrogen and oxygen atoms in total. The van der Waals surface area contributed by atoms with Crippen molar-refractivity contribution >= 4 is 17.0 Å². The number of aromatic nitrogens is 4. The molecule has 3 aromatic rings. The largest absolute Gasteiger partial charge is 0.454 e. The second-order valence-electron chi connectivity index (χ2n) is 4.62. The molecule has 0 bridgehead atoms. The van der Waals surface area contributed by atoms with Crippen molar-refractivity contribution in [3.8, 4) is 0 Å². The van der Waals surface area contributed by atoms with Crippen LogP contribution in [0.2, 0.25) is 0 Å². The maximum atomic E-state index is 12.0. The van der Waals surface area contributed by atoms with Gasteiger partial charge in [-0.25, -0.2) is 9.48 Å². The van der Waals surface area contributed by atoms with Gasteiger partial charge in [0.1, 0.15) is 5.52 Å². The Morgan fingerprint density at radius 2 is 2.24 bits per heavy atom. The molecule has 21 heavy (non-hydrogen) atoms. The van der Waals surface area contributed by atoms with Crippen molar-refractivity contribution in [2.45, 2.75) is 27.0 Å². The minimum absolute atomic E-state index is 0.0549. The number of carbonyl (C=O) groups is 1. The predicted molar refractivity (Wildman–Crippen MR) is 73.6 cm³/mol. The summed E-state index contributed by atoms with van der Waals surface area (Å²) >= 11 is 0. The molecule has 0 spiro atoms. The summed E-state index contributed by atoms with van der Waals surface area (Å²) in [5, 5.41) is 11.8. The van der Waals surface area contributed by atoms with Crippen LogP contribution >= 0.6 is 0 Å². The first-order valence-corrected chi connectivity index (χ1v) is 6.60. The monoisotopic (exact) mass is 286 g/mol. The van der Waals surface area contributed by atoms with Gasteiger partial charge in [0.25, 0.3) is 0 Å². The van der Waals surface area contributed by atoms with E-state index in [1.54, 1.807) is 29.8 Å². The highest BCUT2D eigenvalue weighted by Crippen LogP contribution is 2.15. The number of aryl methyl sites for hydroxylation is 2. The Morgan fingerprint density at radius 1 is 1.38 bits per heavy atom. The Kier molecular flexibility index (Phi) is 3.39. The van der Waals surface area contributed by atoms with Crippen molar-refractivity contribution in [3.63, 3.8) is 0 Å². The van der Waals surface area contributed by atoms with Crippen LogP contribution in [0.4, 0.5) is 0 Å². The summed E-state index contributed by atoms with van der Waals surface area (Å²) < 4.78 is 11.9. The highest BCUT2D eigenvalue weighted by Gasteiger charge is 2.12. The molecule has 3 rings (SSSR count). The molecule has 0 aliphatic rings. The first-order valence-electron chi connectivity index (χ1n) is 6.60. The van der Waals surface area contributed by atoms with Gasteiger partial charge in [0.15, 0.2) is 12.4 Å². The Morgan fingerprint density at radius 3 is 2.95 bits per heavy atom. The van der Waals surface area contributed by atoms with Crippen molar-refractivity contribution in [2.75, 3.05) is 0 Å². The molecular weight excluding hydrogens is 272 g/mol. The van der Waals surface area contributed by atoms with E-state index in [4.69, 9.17) is 9.26 Å². The molecular formula is C14H14N4O3. The van der Waals surface area contributed by atoms with Gasteiger partial charge in [0, 0.05) is 12.6 Å². The fraction of sp³-hybridized carbons (Fsp3) is 0.286. The minimum atomic E-state index is -0.433. The molecule has 7 heteroatoms. The molecule has 0 amide bonds. The highest BCUT2D eigenvalue weighted by atomic mass is 16.5. The number of hydrogen-bond acceptors (Lipinski definition) is 6. The van der Waals surface area contributed by atoms with Crippen molar-refractivity contribution in [1.29, 1.82) is 0 Å². The number of fused-ring (bicyclic) bond motifs is 1. The lowest BCUT2D eigenvalue weighted by molar-refractivity contribution is 0.0437. The van der Waals surface area contributed by atoms with Gasteiger partial charge < -0.3 is 9.26 Å². The first kappa shape index (κ1) is 13.3. The Balaban J connectivity index is 1.75. The van der Waals surface area contributed by atoms with Crippen LogP contribution < -0.4 is 0 Å². The van der Waals surface area contributed by atoms with Gasteiger partial charge in [-0.2, -0.15) is 0 Å². The fourth-order valence-corrected chi connectivity index (χ4v) is 2.04. The number of hydrogen-bond donors (Lipinski definition) is 0. The molecule has 0 radical (unpaired) electrons. The van der Waals surface area contributed by atoms with Gasteiger partial charge in [0.05, 0.1) is 16.8 Å². The lowest BCUT2D eigenvalue weighted by Gasteiger charge is -2.02. The normalized spacial score (nSPS) is 11.0. The third-order valence-electron chi connectivity index (χ3n) is 3.07. The summed E-state index contributed by atoms with van der Waals surface area (Å²) in [5.74, 6) is 0.0795. The van der Waals surface area contributed by atoms with E-state index in [-0.39, 0.29) is 6.61 Å². The zero-order chi connectivity index (χ0) is 14.8. The summed E-state index contributed by atoms with van der Waals surface area (Å²) in [6, 6.07) is 6.91. The van der Waals surface area contributed by atoms with Gasteiger partial charge in [-0.1, -0.05) is 10.4 Å². The summed E-state index contributed by atoms with van der Waals surface area (Å²) in [6.45, 7) is 4.57. The number of esters is 1. The SMILES string of the molecule is CCn1nnc2cc(C(=O)OCc3cc(C)no3)ccc21. The van der Waals surface area contributed by atoms with Crippen molar-refractivity contribution < 1.29 is 14.1 Å². The van der Waals surface area contributed by atoms with Crippen LogP contribution in [-0.4, -0.2) is 26.1 Å². The lowest BCUT2D eigenvalue weighted by Crippen LogP contribution is -2.05. The van der Waals surface area contributed by atoms with Crippen molar-refractivity contribution in [3.05, 3.63) is 41.3 Å². The van der Waals surface area contributed by atoms with E-state index in [0.29, 0.717) is 16.8 Å². The number of ether oxygens (including phenoxy) is 1. The zero-order valence-corrected chi connectivity index (χ0v) is 11.7. The first-order chi connectivity index (χ1) is 10.2. The Bertz CT molecular complexity index is 790. The molecule has 0 unspecified atom stereocenters. The number of carbonyl (C=O) groups excluding carboxylic acids is 1. The molecule has 0 saturated carbocycles. The summed E-state index contributed by atoms with van der Waals surface area (Å²) in [5.41, 5.74) is 2.74. The second kappa shape index (κ2) is 5.35. The lowest BCUT2D eigenvalue weighted by atomic mass is 10.2. The van der Waals surface area contributed by atoms with Crippen LogP contribution in [0.1, 0.15) is 28.7 Å². The quantitative estimate of drug-likeness (QED) is 0.683. The minimum Gasteiger partial charge on any atom is -0.454 e. The second-order valence-corrected chi connectivity index (χ2v) is 4.62. The van der Waals surface area contributed by atoms with Gasteiger partial charge in [-0.15, -0.1) is 5.10 Å². The van der Waals surface area contributed by atoms with Crippen LogP contribution in [-0.2, 0) is 17.9 Å². The van der Waals surface area contributed by atoms with E-state index in [1.807, 2.05) is 13.0 Å². The number of nitrogens with zero attached hydrogens (tertiary/aromatic N) is 4. The van der Waals surface area contributed by atoms with E-state index < -0.39 is 5.97 Å².